The van der Waals surface area contributed by atoms with Crippen molar-refractivity contribution in [3.63, 3.8) is 0 Å². The fraction of sp³-hybridized carbons (Fsp3) is 0.750. The molecule has 0 saturated heterocycles. The minimum Gasteiger partial charge on any atom is -0.461 e. The van der Waals surface area contributed by atoms with Crippen LogP contribution in [0.25, 0.3) is 0 Å². The van der Waals surface area contributed by atoms with Gasteiger partial charge >= 0.3 is 5.97 Å². The molecule has 2 unspecified atom stereocenters. The van der Waals surface area contributed by atoms with Crippen molar-refractivity contribution in [2.45, 2.75) is 66.5 Å². The Hall–Kier alpha value is -1.52. The zero-order valence-corrected chi connectivity index (χ0v) is 13.8. The number of nitrogens with two attached hydrogens (primary N) is 1. The SMILES string of the molecule is Cc1nn(CC(=O)OC2CC(C)CC(C)(C)C2)c(C)c1N. The molecule has 118 valence electrons. The molecule has 1 aliphatic rings. The Morgan fingerprint density at radius 3 is 2.62 bits per heavy atom. The second-order valence-electron chi connectivity index (χ2n) is 7.27. The third-order valence-electron chi connectivity index (χ3n) is 4.36. The number of hydrogen-bond donors (Lipinski definition) is 1. The molecule has 0 amide bonds. The summed E-state index contributed by atoms with van der Waals surface area (Å²) in [6.07, 6.45) is 3.09. The summed E-state index contributed by atoms with van der Waals surface area (Å²) in [5.41, 5.74) is 8.35. The highest BCUT2D eigenvalue weighted by Gasteiger charge is 2.34. The third kappa shape index (κ3) is 3.77. The normalized spacial score (nSPS) is 24.8. The molecule has 2 rings (SSSR count). The summed E-state index contributed by atoms with van der Waals surface area (Å²) in [5.74, 6) is 0.367. The minimum atomic E-state index is -0.226. The molecule has 0 radical (unpaired) electrons. The van der Waals surface area contributed by atoms with Crippen LogP contribution in [0.15, 0.2) is 0 Å². The number of nitrogens with zero attached hydrogens (tertiary/aromatic N) is 2. The quantitative estimate of drug-likeness (QED) is 0.870. The van der Waals surface area contributed by atoms with E-state index in [9.17, 15) is 4.79 Å². The topological polar surface area (TPSA) is 70.1 Å². The highest BCUT2D eigenvalue weighted by Crippen LogP contribution is 2.39. The Balaban J connectivity index is 1.97. The maximum absolute atomic E-state index is 12.1. The number of ether oxygens (including phenoxy) is 1. The molecule has 0 aromatic carbocycles. The lowest BCUT2D eigenvalue weighted by Gasteiger charge is -2.38. The van der Waals surface area contributed by atoms with E-state index in [2.05, 4.69) is 25.9 Å². The summed E-state index contributed by atoms with van der Waals surface area (Å²) in [6, 6.07) is 0. The van der Waals surface area contributed by atoms with Crippen LogP contribution in [0.2, 0.25) is 0 Å². The van der Waals surface area contributed by atoms with E-state index in [1.165, 1.54) is 6.42 Å². The lowest BCUT2D eigenvalue weighted by molar-refractivity contribution is -0.154. The van der Waals surface area contributed by atoms with Gasteiger partial charge in [-0.2, -0.15) is 5.10 Å². The largest absolute Gasteiger partial charge is 0.461 e. The number of hydrogen-bond acceptors (Lipinski definition) is 4. The maximum atomic E-state index is 12.1. The molecule has 21 heavy (non-hydrogen) atoms. The molecule has 1 fully saturated rings. The van der Waals surface area contributed by atoms with E-state index in [1.54, 1.807) is 4.68 Å². The maximum Gasteiger partial charge on any atom is 0.328 e. The van der Waals surface area contributed by atoms with Crippen LogP contribution in [0.3, 0.4) is 0 Å². The number of carbonyl (C=O) groups excluding carboxylic acids is 1. The number of aryl methyl sites for hydroxylation is 1. The number of nitrogen functional groups attached to an aromatic ring is 1. The van der Waals surface area contributed by atoms with Gasteiger partial charge in [-0.25, -0.2) is 0 Å². The van der Waals surface area contributed by atoms with E-state index in [4.69, 9.17) is 10.5 Å². The summed E-state index contributed by atoms with van der Waals surface area (Å²) < 4.78 is 7.29. The molecule has 0 aliphatic heterocycles. The number of esters is 1. The fourth-order valence-corrected chi connectivity index (χ4v) is 3.56. The summed E-state index contributed by atoms with van der Waals surface area (Å²) in [6.45, 7) is 10.6. The minimum absolute atomic E-state index is 0.0190. The molecule has 0 spiro atoms. The van der Waals surface area contributed by atoms with E-state index >= 15 is 0 Å². The Kier molecular flexibility index (Phi) is 4.30. The number of rotatable bonds is 3. The predicted octanol–water partition coefficient (Wildman–Crippen LogP) is 2.84. The van der Waals surface area contributed by atoms with Gasteiger partial charge in [0.05, 0.1) is 17.1 Å². The summed E-state index contributed by atoms with van der Waals surface area (Å²) in [5, 5.41) is 4.28. The molecule has 1 aromatic rings. The fourth-order valence-electron chi connectivity index (χ4n) is 3.56. The lowest BCUT2D eigenvalue weighted by Crippen LogP contribution is -2.34. The summed E-state index contributed by atoms with van der Waals surface area (Å²) in [7, 11) is 0. The van der Waals surface area contributed by atoms with Crippen LogP contribution in [0.5, 0.6) is 0 Å². The predicted molar refractivity (Wildman–Crippen MR) is 82.8 cm³/mol. The van der Waals surface area contributed by atoms with Crippen LogP contribution in [0, 0.1) is 25.2 Å². The van der Waals surface area contributed by atoms with E-state index in [-0.39, 0.29) is 24.0 Å². The Morgan fingerprint density at radius 1 is 1.43 bits per heavy atom. The van der Waals surface area contributed by atoms with Crippen LogP contribution in [-0.4, -0.2) is 21.9 Å². The van der Waals surface area contributed by atoms with Gasteiger partial charge in [-0.3, -0.25) is 9.48 Å². The number of aromatic nitrogens is 2. The average molecular weight is 293 g/mol. The van der Waals surface area contributed by atoms with Gasteiger partial charge in [-0.15, -0.1) is 0 Å². The molecule has 5 nitrogen and oxygen atoms in total. The molecule has 1 saturated carbocycles. The smallest absolute Gasteiger partial charge is 0.328 e. The molecule has 1 heterocycles. The first-order valence-electron chi connectivity index (χ1n) is 7.67. The molecule has 0 bridgehead atoms. The van der Waals surface area contributed by atoms with Crippen LogP contribution >= 0.6 is 0 Å². The Labute approximate surface area is 126 Å². The number of anilines is 1. The van der Waals surface area contributed by atoms with Gasteiger partial charge in [-0.1, -0.05) is 20.8 Å². The first-order valence-corrected chi connectivity index (χ1v) is 7.67. The molecule has 2 atom stereocenters. The van der Waals surface area contributed by atoms with Gasteiger partial charge in [0.1, 0.15) is 12.6 Å². The van der Waals surface area contributed by atoms with E-state index in [0.29, 0.717) is 11.6 Å². The number of carbonyl (C=O) groups is 1. The van der Waals surface area contributed by atoms with Gasteiger partial charge in [-0.05, 0) is 44.4 Å². The molecule has 5 heteroatoms. The van der Waals surface area contributed by atoms with Crippen LogP contribution in [0.1, 0.15) is 51.4 Å². The van der Waals surface area contributed by atoms with Crippen molar-refractivity contribution in [2.24, 2.45) is 11.3 Å². The third-order valence-corrected chi connectivity index (χ3v) is 4.36. The Bertz CT molecular complexity index is 534. The molecule has 1 aliphatic carbocycles. The summed E-state index contributed by atoms with van der Waals surface area (Å²) in [4.78, 5) is 12.1. The van der Waals surface area contributed by atoms with Crippen molar-refractivity contribution in [1.29, 1.82) is 0 Å². The highest BCUT2D eigenvalue weighted by atomic mass is 16.5. The first kappa shape index (κ1) is 15.9. The average Bonchev–Trinajstić information content (AvgIpc) is 2.54. The van der Waals surface area contributed by atoms with Crippen molar-refractivity contribution in [3.05, 3.63) is 11.4 Å². The lowest BCUT2D eigenvalue weighted by atomic mass is 9.71. The van der Waals surface area contributed by atoms with Gasteiger partial charge in [0.15, 0.2) is 0 Å². The standard InChI is InChI=1S/C16H27N3O2/c1-10-6-13(8-16(4,5)7-10)21-14(20)9-19-12(3)15(17)11(2)18-19/h10,13H,6-9,17H2,1-5H3. The van der Waals surface area contributed by atoms with Gasteiger partial charge < -0.3 is 10.5 Å². The highest BCUT2D eigenvalue weighted by molar-refractivity contribution is 5.69. The monoisotopic (exact) mass is 293 g/mol. The second kappa shape index (κ2) is 5.70. The van der Waals surface area contributed by atoms with Crippen LogP contribution < -0.4 is 5.73 Å². The van der Waals surface area contributed by atoms with Crippen molar-refractivity contribution in [1.82, 2.24) is 9.78 Å². The zero-order chi connectivity index (χ0) is 15.8. The van der Waals surface area contributed by atoms with Crippen molar-refractivity contribution < 1.29 is 9.53 Å². The first-order chi connectivity index (χ1) is 9.68. The van der Waals surface area contributed by atoms with E-state index in [1.807, 2.05) is 13.8 Å². The van der Waals surface area contributed by atoms with Crippen molar-refractivity contribution >= 4 is 11.7 Å². The van der Waals surface area contributed by atoms with Crippen LogP contribution in [-0.2, 0) is 16.1 Å². The molecule has 2 N–H and O–H groups in total. The second-order valence-corrected chi connectivity index (χ2v) is 7.27. The van der Waals surface area contributed by atoms with Crippen molar-refractivity contribution in [2.75, 3.05) is 5.73 Å². The Morgan fingerprint density at radius 2 is 2.10 bits per heavy atom. The van der Waals surface area contributed by atoms with Gasteiger partial charge in [0.2, 0.25) is 0 Å². The van der Waals surface area contributed by atoms with Gasteiger partial charge in [0, 0.05) is 0 Å². The zero-order valence-electron chi connectivity index (χ0n) is 13.8. The van der Waals surface area contributed by atoms with E-state index < -0.39 is 0 Å². The molecule has 1 aromatic heterocycles. The van der Waals surface area contributed by atoms with Gasteiger partial charge in [0.25, 0.3) is 0 Å². The summed E-state index contributed by atoms with van der Waals surface area (Å²) >= 11 is 0. The molecular formula is C16H27N3O2. The van der Waals surface area contributed by atoms with Crippen molar-refractivity contribution in [3.8, 4) is 0 Å². The molecular weight excluding hydrogens is 266 g/mol. The van der Waals surface area contributed by atoms with Crippen LogP contribution in [0.4, 0.5) is 5.69 Å². The van der Waals surface area contributed by atoms with E-state index in [0.717, 1.165) is 24.2 Å².